The highest BCUT2D eigenvalue weighted by Gasteiger charge is 2.53. The molecule has 3 amide bonds. The van der Waals surface area contributed by atoms with Crippen molar-refractivity contribution in [3.05, 3.63) is 18.0 Å². The van der Waals surface area contributed by atoms with E-state index in [0.29, 0.717) is 12.1 Å². The number of nitrogens with one attached hydrogen (secondary N) is 2. The number of carbonyl (C=O) groups is 2. The van der Waals surface area contributed by atoms with Crippen LogP contribution in [0.2, 0.25) is 0 Å². The molecule has 1 saturated heterocycles. The van der Waals surface area contributed by atoms with Gasteiger partial charge >= 0.3 is 6.03 Å². The van der Waals surface area contributed by atoms with E-state index in [2.05, 4.69) is 15.5 Å². The first-order valence-electron chi connectivity index (χ1n) is 4.53. The highest BCUT2D eigenvalue weighted by molar-refractivity contribution is 6.06. The number of carbonyl (C=O) groups excluding carboxylic acids is 2. The van der Waals surface area contributed by atoms with Gasteiger partial charge in [0.2, 0.25) is 0 Å². The van der Waals surface area contributed by atoms with E-state index in [1.54, 1.807) is 13.0 Å². The zero-order valence-electron chi connectivity index (χ0n) is 8.15. The van der Waals surface area contributed by atoms with Gasteiger partial charge in [0.15, 0.2) is 5.54 Å². The number of hydrazine groups is 1. The molecule has 0 aliphatic carbocycles. The van der Waals surface area contributed by atoms with Crippen molar-refractivity contribution < 1.29 is 9.59 Å². The third-order valence-electron chi connectivity index (χ3n) is 2.68. The summed E-state index contributed by atoms with van der Waals surface area (Å²) in [5.41, 5.74) is -0.649. The molecule has 2 heterocycles. The lowest BCUT2D eigenvalue weighted by molar-refractivity contribution is -0.127. The summed E-state index contributed by atoms with van der Waals surface area (Å²) in [4.78, 5) is 23.0. The van der Waals surface area contributed by atoms with E-state index in [0.717, 1.165) is 5.01 Å². The Morgan fingerprint density at radius 3 is 2.73 bits per heavy atom. The molecule has 1 aliphatic heterocycles. The summed E-state index contributed by atoms with van der Waals surface area (Å²) in [6, 6.07) is 1.03. The van der Waals surface area contributed by atoms with Crippen molar-refractivity contribution in [1.29, 1.82) is 0 Å². The first kappa shape index (κ1) is 9.66. The van der Waals surface area contributed by atoms with Gasteiger partial charge in [-0.3, -0.25) is 15.2 Å². The lowest BCUT2D eigenvalue weighted by Crippen LogP contribution is -2.50. The zero-order chi connectivity index (χ0) is 11.1. The molecular weight excluding hydrogens is 198 g/mol. The van der Waals surface area contributed by atoms with E-state index in [9.17, 15) is 9.59 Å². The first-order valence-corrected chi connectivity index (χ1v) is 4.53. The molecule has 2 rings (SSSR count). The molecule has 1 aromatic heterocycles. The third kappa shape index (κ3) is 1.06. The van der Waals surface area contributed by atoms with E-state index in [1.807, 2.05) is 0 Å². The van der Waals surface area contributed by atoms with Crippen molar-refractivity contribution in [3.63, 3.8) is 0 Å². The van der Waals surface area contributed by atoms with Crippen molar-refractivity contribution in [2.24, 2.45) is 5.84 Å². The van der Waals surface area contributed by atoms with Crippen molar-refractivity contribution in [2.45, 2.75) is 18.9 Å². The van der Waals surface area contributed by atoms with Gasteiger partial charge in [0, 0.05) is 6.20 Å². The van der Waals surface area contributed by atoms with Crippen LogP contribution in [0, 0.1) is 0 Å². The Kier molecular flexibility index (Phi) is 1.97. The maximum Gasteiger partial charge on any atom is 0.339 e. The standard InChI is InChI=1S/C8H11N5O2/c1-2-8(5-3-4-10-12-5)6(14)11-7(15)13(8)9/h3-4H,2,9H2,1H3,(H,10,12)(H,11,14,15). The second-order valence-electron chi connectivity index (χ2n) is 3.31. The molecule has 1 aliphatic rings. The largest absolute Gasteiger partial charge is 0.339 e. The van der Waals surface area contributed by atoms with E-state index in [4.69, 9.17) is 5.84 Å². The average Bonchev–Trinajstić information content (AvgIpc) is 2.78. The topological polar surface area (TPSA) is 104 Å². The first-order chi connectivity index (χ1) is 7.13. The summed E-state index contributed by atoms with van der Waals surface area (Å²) in [5.74, 6) is 5.17. The molecule has 0 radical (unpaired) electrons. The number of hydrogen-bond acceptors (Lipinski definition) is 4. The number of aromatic nitrogens is 2. The molecular formula is C8H11N5O2. The lowest BCUT2D eigenvalue weighted by Gasteiger charge is -2.29. The van der Waals surface area contributed by atoms with Gasteiger partial charge in [-0.25, -0.2) is 15.6 Å². The lowest BCUT2D eigenvalue weighted by atomic mass is 9.92. The van der Waals surface area contributed by atoms with Crippen LogP contribution in [0.15, 0.2) is 12.3 Å². The van der Waals surface area contributed by atoms with Crippen LogP contribution >= 0.6 is 0 Å². The summed E-state index contributed by atoms with van der Waals surface area (Å²) in [6.07, 6.45) is 1.89. The average molecular weight is 209 g/mol. The monoisotopic (exact) mass is 209 g/mol. The van der Waals surface area contributed by atoms with Crippen LogP contribution in [-0.2, 0) is 10.3 Å². The summed E-state index contributed by atoms with van der Waals surface area (Å²) in [7, 11) is 0. The van der Waals surface area contributed by atoms with Crippen LogP contribution in [-0.4, -0.2) is 27.1 Å². The van der Waals surface area contributed by atoms with Gasteiger partial charge in [-0.15, -0.1) is 0 Å². The highest BCUT2D eigenvalue weighted by atomic mass is 16.2. The Balaban J connectivity index is 2.54. The van der Waals surface area contributed by atoms with Crippen molar-refractivity contribution >= 4 is 11.9 Å². The molecule has 1 atom stereocenters. The predicted molar refractivity (Wildman–Crippen MR) is 50.1 cm³/mol. The van der Waals surface area contributed by atoms with Gasteiger partial charge in [-0.2, -0.15) is 5.10 Å². The van der Waals surface area contributed by atoms with Crippen LogP contribution in [0.4, 0.5) is 4.79 Å². The van der Waals surface area contributed by atoms with Crippen LogP contribution in [0.3, 0.4) is 0 Å². The van der Waals surface area contributed by atoms with Crippen molar-refractivity contribution in [2.75, 3.05) is 0 Å². The van der Waals surface area contributed by atoms with Crippen molar-refractivity contribution in [3.8, 4) is 0 Å². The molecule has 1 aromatic rings. The number of nitrogens with zero attached hydrogens (tertiary/aromatic N) is 2. The molecule has 7 heteroatoms. The third-order valence-corrected chi connectivity index (χ3v) is 2.68. The summed E-state index contributed by atoms with van der Waals surface area (Å²) in [5, 5.41) is 9.50. The number of nitrogens with two attached hydrogens (primary N) is 1. The van der Waals surface area contributed by atoms with Gasteiger partial charge in [0.05, 0.1) is 5.69 Å². The SMILES string of the molecule is CCC1(c2ccn[nH]2)C(=O)NC(=O)N1N. The molecule has 0 saturated carbocycles. The summed E-state index contributed by atoms with van der Waals surface area (Å²) >= 11 is 0. The number of rotatable bonds is 2. The van der Waals surface area contributed by atoms with Crippen LogP contribution in [0.1, 0.15) is 19.0 Å². The van der Waals surface area contributed by atoms with Gasteiger partial charge in [-0.1, -0.05) is 6.92 Å². The van der Waals surface area contributed by atoms with Gasteiger partial charge in [0.25, 0.3) is 5.91 Å². The van der Waals surface area contributed by atoms with Crippen molar-refractivity contribution in [1.82, 2.24) is 20.5 Å². The molecule has 0 bridgehead atoms. The molecule has 0 spiro atoms. The zero-order valence-corrected chi connectivity index (χ0v) is 8.15. The maximum atomic E-state index is 11.7. The van der Waals surface area contributed by atoms with E-state index in [-0.39, 0.29) is 0 Å². The second kappa shape index (κ2) is 3.06. The molecule has 7 nitrogen and oxygen atoms in total. The Morgan fingerprint density at radius 1 is 1.60 bits per heavy atom. The summed E-state index contributed by atoms with van der Waals surface area (Å²) in [6.45, 7) is 1.78. The van der Waals surface area contributed by atoms with Gasteiger partial charge in [0.1, 0.15) is 0 Å². The Hall–Kier alpha value is -1.89. The molecule has 1 unspecified atom stereocenters. The Bertz CT molecular complexity index is 401. The van der Waals surface area contributed by atoms with Crippen LogP contribution < -0.4 is 11.2 Å². The number of H-pyrrole nitrogens is 1. The van der Waals surface area contributed by atoms with Crippen LogP contribution in [0.5, 0.6) is 0 Å². The fraction of sp³-hybridized carbons (Fsp3) is 0.375. The Labute approximate surface area is 85.6 Å². The molecule has 1 fully saturated rings. The predicted octanol–water partition coefficient (Wildman–Crippen LogP) is -0.560. The minimum Gasteiger partial charge on any atom is -0.280 e. The van der Waals surface area contributed by atoms with Gasteiger partial charge in [-0.05, 0) is 12.5 Å². The fourth-order valence-electron chi connectivity index (χ4n) is 1.80. The maximum absolute atomic E-state index is 11.7. The van der Waals surface area contributed by atoms with Crippen LogP contribution in [0.25, 0.3) is 0 Å². The second-order valence-corrected chi connectivity index (χ2v) is 3.31. The van der Waals surface area contributed by atoms with E-state index >= 15 is 0 Å². The molecule has 80 valence electrons. The number of hydrogen-bond donors (Lipinski definition) is 3. The van der Waals surface area contributed by atoms with E-state index < -0.39 is 17.5 Å². The smallest absolute Gasteiger partial charge is 0.280 e. The Morgan fingerprint density at radius 2 is 2.33 bits per heavy atom. The molecule has 15 heavy (non-hydrogen) atoms. The fourth-order valence-corrected chi connectivity index (χ4v) is 1.80. The minimum absolute atomic E-state index is 0.378. The quantitative estimate of drug-likeness (QED) is 0.345. The minimum atomic E-state index is -1.16. The summed E-state index contributed by atoms with van der Waals surface area (Å²) < 4.78 is 0. The number of aromatic amines is 1. The highest BCUT2D eigenvalue weighted by Crippen LogP contribution is 2.32. The molecule has 4 N–H and O–H groups in total. The number of amides is 3. The number of urea groups is 1. The number of imide groups is 1. The van der Waals surface area contributed by atoms with E-state index in [1.165, 1.54) is 6.20 Å². The van der Waals surface area contributed by atoms with Gasteiger partial charge < -0.3 is 0 Å². The normalized spacial score (nSPS) is 25.9. The molecule has 0 aromatic carbocycles.